The van der Waals surface area contributed by atoms with Crippen LogP contribution in [0.4, 0.5) is 17.1 Å². The van der Waals surface area contributed by atoms with Crippen molar-refractivity contribution < 1.29 is 0 Å². The van der Waals surface area contributed by atoms with Crippen molar-refractivity contribution in [3.8, 4) is 22.3 Å². The van der Waals surface area contributed by atoms with Crippen LogP contribution in [0.25, 0.3) is 22.3 Å². The first-order valence-corrected chi connectivity index (χ1v) is 14.1. The molecule has 2 aliphatic rings. The third-order valence-electron chi connectivity index (χ3n) is 8.32. The molecule has 2 aliphatic carbocycles. The number of halogens is 1. The van der Waals surface area contributed by atoms with Gasteiger partial charge in [0.05, 0.1) is 5.41 Å². The first-order chi connectivity index (χ1) is 19.3. The van der Waals surface area contributed by atoms with E-state index in [1.165, 1.54) is 44.5 Å². The van der Waals surface area contributed by atoms with Gasteiger partial charge >= 0.3 is 0 Å². The molecule has 8 rings (SSSR count). The standard InChI is InChI=1S/C37H24BrN/c38-25-19-21-31-29-15-7-9-17-33(29)37(35(31)23-25)34-18-10-8-16-30(34)32-22-20-28(24-36(32)37)39(26-11-3-1-4-12-26)27-13-5-2-6-14-27/h1-24H. The molecule has 0 saturated carbocycles. The number of para-hydroxylation sites is 2. The van der Waals surface area contributed by atoms with Gasteiger partial charge in [0.1, 0.15) is 0 Å². The van der Waals surface area contributed by atoms with Crippen LogP contribution in [0.15, 0.2) is 150 Å². The Balaban J connectivity index is 1.46. The van der Waals surface area contributed by atoms with E-state index in [0.29, 0.717) is 0 Å². The highest BCUT2D eigenvalue weighted by atomic mass is 79.9. The van der Waals surface area contributed by atoms with Crippen LogP contribution in [-0.2, 0) is 5.41 Å². The van der Waals surface area contributed by atoms with Crippen LogP contribution in [0, 0.1) is 0 Å². The summed E-state index contributed by atoms with van der Waals surface area (Å²) < 4.78 is 1.10. The van der Waals surface area contributed by atoms with Crippen molar-refractivity contribution >= 4 is 33.0 Å². The van der Waals surface area contributed by atoms with E-state index in [9.17, 15) is 0 Å². The molecule has 1 atom stereocenters. The molecule has 0 amide bonds. The summed E-state index contributed by atoms with van der Waals surface area (Å²) in [7, 11) is 0. The third kappa shape index (κ3) is 3.13. The Kier molecular flexibility index (Phi) is 4.95. The molecule has 1 spiro atoms. The predicted molar refractivity (Wildman–Crippen MR) is 165 cm³/mol. The summed E-state index contributed by atoms with van der Waals surface area (Å²) in [6, 6.07) is 53.0. The number of rotatable bonds is 3. The second-order valence-corrected chi connectivity index (χ2v) is 11.2. The van der Waals surface area contributed by atoms with Gasteiger partial charge in [-0.05, 0) is 93.0 Å². The molecule has 0 saturated heterocycles. The van der Waals surface area contributed by atoms with Crippen molar-refractivity contribution in [3.63, 3.8) is 0 Å². The Morgan fingerprint density at radius 3 is 1.44 bits per heavy atom. The average molecular weight is 563 g/mol. The molecular formula is C37H24BrN. The lowest BCUT2D eigenvalue weighted by molar-refractivity contribution is 0.793. The summed E-state index contributed by atoms with van der Waals surface area (Å²) in [5.74, 6) is 0. The van der Waals surface area contributed by atoms with E-state index in [4.69, 9.17) is 0 Å². The largest absolute Gasteiger partial charge is 0.310 e. The fourth-order valence-corrected chi connectivity index (χ4v) is 7.20. The molecule has 39 heavy (non-hydrogen) atoms. The maximum absolute atomic E-state index is 3.81. The van der Waals surface area contributed by atoms with Crippen LogP contribution in [-0.4, -0.2) is 0 Å². The van der Waals surface area contributed by atoms with Crippen molar-refractivity contribution in [2.24, 2.45) is 0 Å². The zero-order chi connectivity index (χ0) is 26.0. The Labute approximate surface area is 237 Å². The highest BCUT2D eigenvalue weighted by Gasteiger charge is 2.51. The first-order valence-electron chi connectivity index (χ1n) is 13.3. The third-order valence-corrected chi connectivity index (χ3v) is 8.82. The molecule has 0 N–H and O–H groups in total. The smallest absolute Gasteiger partial charge is 0.0726 e. The molecule has 1 unspecified atom stereocenters. The monoisotopic (exact) mass is 561 g/mol. The molecule has 0 heterocycles. The lowest BCUT2D eigenvalue weighted by atomic mass is 9.70. The predicted octanol–water partition coefficient (Wildman–Crippen LogP) is 10.3. The van der Waals surface area contributed by atoms with E-state index in [1.807, 2.05) is 0 Å². The lowest BCUT2D eigenvalue weighted by Crippen LogP contribution is -2.26. The van der Waals surface area contributed by atoms with Gasteiger partial charge in [-0.1, -0.05) is 113 Å². The summed E-state index contributed by atoms with van der Waals surface area (Å²) >= 11 is 3.81. The number of benzene rings is 6. The summed E-state index contributed by atoms with van der Waals surface area (Å²) in [6.07, 6.45) is 0. The molecule has 0 aromatic heterocycles. The molecule has 184 valence electrons. The lowest BCUT2D eigenvalue weighted by Gasteiger charge is -2.32. The SMILES string of the molecule is Brc1ccc2c(c1)C1(c3ccccc3-2)c2ccccc2-c2ccc(N(c3ccccc3)c3ccccc3)cc21. The van der Waals surface area contributed by atoms with Crippen molar-refractivity contribution in [2.45, 2.75) is 5.41 Å². The zero-order valence-corrected chi connectivity index (χ0v) is 22.8. The topological polar surface area (TPSA) is 3.24 Å². The highest BCUT2D eigenvalue weighted by Crippen LogP contribution is 2.63. The minimum absolute atomic E-state index is 0.378. The van der Waals surface area contributed by atoms with E-state index < -0.39 is 0 Å². The minimum atomic E-state index is -0.378. The average Bonchev–Trinajstić information content (AvgIpc) is 3.45. The van der Waals surface area contributed by atoms with Gasteiger partial charge in [0.25, 0.3) is 0 Å². The first kappa shape index (κ1) is 22.6. The van der Waals surface area contributed by atoms with E-state index in [2.05, 4.69) is 166 Å². The summed E-state index contributed by atoms with van der Waals surface area (Å²) in [5, 5.41) is 0. The van der Waals surface area contributed by atoms with Gasteiger partial charge in [0.2, 0.25) is 0 Å². The van der Waals surface area contributed by atoms with Gasteiger partial charge in [0, 0.05) is 21.5 Å². The van der Waals surface area contributed by atoms with Gasteiger partial charge in [0.15, 0.2) is 0 Å². The molecule has 0 bridgehead atoms. The number of anilines is 3. The van der Waals surface area contributed by atoms with Crippen LogP contribution in [0.2, 0.25) is 0 Å². The molecule has 2 heteroatoms. The van der Waals surface area contributed by atoms with Crippen LogP contribution >= 0.6 is 15.9 Å². The summed E-state index contributed by atoms with van der Waals surface area (Å²) in [6.45, 7) is 0. The maximum Gasteiger partial charge on any atom is 0.0726 e. The van der Waals surface area contributed by atoms with E-state index in [1.54, 1.807) is 0 Å². The summed E-state index contributed by atoms with van der Waals surface area (Å²) in [4.78, 5) is 2.36. The Hall–Kier alpha value is -4.40. The number of fused-ring (bicyclic) bond motifs is 10. The number of nitrogens with zero attached hydrogens (tertiary/aromatic N) is 1. The van der Waals surface area contributed by atoms with Crippen LogP contribution in [0.3, 0.4) is 0 Å². The highest BCUT2D eigenvalue weighted by molar-refractivity contribution is 9.10. The normalized spacial score (nSPS) is 15.9. The molecule has 0 fully saturated rings. The van der Waals surface area contributed by atoms with Crippen LogP contribution in [0.1, 0.15) is 22.3 Å². The van der Waals surface area contributed by atoms with Gasteiger partial charge in [-0.25, -0.2) is 0 Å². The van der Waals surface area contributed by atoms with Crippen molar-refractivity contribution in [3.05, 3.63) is 172 Å². The van der Waals surface area contributed by atoms with E-state index >= 15 is 0 Å². The number of hydrogen-bond donors (Lipinski definition) is 0. The van der Waals surface area contributed by atoms with Gasteiger partial charge in [-0.15, -0.1) is 0 Å². The van der Waals surface area contributed by atoms with Crippen LogP contribution < -0.4 is 4.90 Å². The second-order valence-electron chi connectivity index (χ2n) is 10.3. The molecular weight excluding hydrogens is 538 g/mol. The number of hydrogen-bond acceptors (Lipinski definition) is 1. The molecule has 6 aromatic rings. The fourth-order valence-electron chi connectivity index (χ4n) is 6.84. The van der Waals surface area contributed by atoms with Crippen molar-refractivity contribution in [1.82, 2.24) is 0 Å². The summed E-state index contributed by atoms with van der Waals surface area (Å²) in [5.41, 5.74) is 13.7. The van der Waals surface area contributed by atoms with Gasteiger partial charge in [-0.2, -0.15) is 0 Å². The molecule has 6 aromatic carbocycles. The second kappa shape index (κ2) is 8.56. The molecule has 0 aliphatic heterocycles. The molecule has 0 radical (unpaired) electrons. The van der Waals surface area contributed by atoms with Gasteiger partial charge in [-0.3, -0.25) is 0 Å². The Morgan fingerprint density at radius 1 is 0.385 bits per heavy atom. The zero-order valence-electron chi connectivity index (χ0n) is 21.2. The maximum atomic E-state index is 3.81. The molecule has 1 nitrogen and oxygen atoms in total. The Bertz CT molecular complexity index is 1820. The fraction of sp³-hybridized carbons (Fsp3) is 0.0270. The van der Waals surface area contributed by atoms with Crippen molar-refractivity contribution in [2.75, 3.05) is 4.90 Å². The van der Waals surface area contributed by atoms with Crippen LogP contribution in [0.5, 0.6) is 0 Å². The van der Waals surface area contributed by atoms with E-state index in [-0.39, 0.29) is 5.41 Å². The minimum Gasteiger partial charge on any atom is -0.310 e. The Morgan fingerprint density at radius 2 is 0.846 bits per heavy atom. The quantitative estimate of drug-likeness (QED) is 0.207. The van der Waals surface area contributed by atoms with Crippen molar-refractivity contribution in [1.29, 1.82) is 0 Å². The van der Waals surface area contributed by atoms with Gasteiger partial charge < -0.3 is 4.90 Å². The van der Waals surface area contributed by atoms with E-state index in [0.717, 1.165) is 21.5 Å².